The van der Waals surface area contributed by atoms with Crippen LogP contribution in [0.25, 0.3) is 21.8 Å². The molecule has 0 amide bonds. The molecule has 0 radical (unpaired) electrons. The number of hydrogen-bond donors (Lipinski definition) is 1. The van der Waals surface area contributed by atoms with Gasteiger partial charge in [-0.05, 0) is 42.7 Å². The first-order valence-corrected chi connectivity index (χ1v) is 15.1. The van der Waals surface area contributed by atoms with E-state index in [2.05, 4.69) is 15.9 Å². The number of fused-ring (bicyclic) bond motifs is 3. The van der Waals surface area contributed by atoms with Gasteiger partial charge in [0.25, 0.3) is 5.56 Å². The third-order valence-corrected chi connectivity index (χ3v) is 8.87. The largest absolute Gasteiger partial charge is 0.461 e. The highest BCUT2D eigenvalue weighted by Gasteiger charge is 2.30. The number of nitrogens with two attached hydrogens (primary N) is 1. The molecule has 2 aromatic heterocycles. The van der Waals surface area contributed by atoms with E-state index in [1.807, 2.05) is 28.8 Å². The van der Waals surface area contributed by atoms with Crippen LogP contribution in [0.5, 0.6) is 0 Å². The van der Waals surface area contributed by atoms with E-state index in [1.54, 1.807) is 29.8 Å². The summed E-state index contributed by atoms with van der Waals surface area (Å²) in [5.41, 5.74) is 8.72. The Morgan fingerprint density at radius 2 is 1.95 bits per heavy atom. The maximum absolute atomic E-state index is 14.0. The van der Waals surface area contributed by atoms with Crippen LogP contribution in [0, 0.1) is 11.3 Å². The quantitative estimate of drug-likeness (QED) is 0.303. The highest BCUT2D eigenvalue weighted by Crippen LogP contribution is 2.38. The molecule has 2 fully saturated rings. The number of benzene rings is 2. The first-order chi connectivity index (χ1) is 20.9. The molecule has 12 heteroatoms. The molecule has 10 nitrogen and oxygen atoms in total. The third-order valence-electron chi connectivity index (χ3n) is 8.51. The number of esters is 1. The van der Waals surface area contributed by atoms with Crippen molar-refractivity contribution in [2.24, 2.45) is 12.8 Å². The summed E-state index contributed by atoms with van der Waals surface area (Å²) >= 11 is 6.58. The molecule has 4 heterocycles. The number of ether oxygens (including phenoxy) is 2. The number of carbonyl (C=O) groups is 1. The van der Waals surface area contributed by atoms with Crippen LogP contribution in [0.3, 0.4) is 0 Å². The van der Waals surface area contributed by atoms with Crippen LogP contribution in [0.4, 0.5) is 5.82 Å². The summed E-state index contributed by atoms with van der Waals surface area (Å²) in [5.74, 6) is 0.198. The van der Waals surface area contributed by atoms with Gasteiger partial charge in [-0.15, -0.1) is 12.4 Å². The molecule has 2 saturated heterocycles. The van der Waals surface area contributed by atoms with Gasteiger partial charge in [0.15, 0.2) is 0 Å². The zero-order chi connectivity index (χ0) is 30.1. The van der Waals surface area contributed by atoms with E-state index >= 15 is 0 Å². The number of piperidine rings is 1. The number of aromatic nitrogens is 2. The summed E-state index contributed by atoms with van der Waals surface area (Å²) in [4.78, 5) is 31.5. The van der Waals surface area contributed by atoms with Crippen LogP contribution in [0.1, 0.15) is 34.3 Å². The molecule has 2 N–H and O–H groups in total. The van der Waals surface area contributed by atoms with Gasteiger partial charge in [-0.1, -0.05) is 29.8 Å². The molecule has 44 heavy (non-hydrogen) atoms. The van der Waals surface area contributed by atoms with E-state index in [-0.39, 0.29) is 30.6 Å². The summed E-state index contributed by atoms with van der Waals surface area (Å²) in [7, 11) is 1.71. The first-order valence-electron chi connectivity index (χ1n) is 14.7. The second-order valence-electron chi connectivity index (χ2n) is 11.2. The molecule has 2 aromatic carbocycles. The number of pyridine rings is 1. The van der Waals surface area contributed by atoms with E-state index in [1.165, 1.54) is 0 Å². The number of aryl methyl sites for hydroxylation is 1. The summed E-state index contributed by atoms with van der Waals surface area (Å²) in [5, 5.41) is 12.4. The fourth-order valence-corrected chi connectivity index (χ4v) is 6.47. The van der Waals surface area contributed by atoms with Crippen LogP contribution in [-0.2, 0) is 23.1 Å². The molecule has 0 saturated carbocycles. The van der Waals surface area contributed by atoms with Crippen molar-refractivity contribution in [2.45, 2.75) is 25.4 Å². The minimum Gasteiger partial charge on any atom is -0.461 e. The SMILES string of the molecule is Cl.Cn1c(=O)c2c(c(C#N)c(N3CCC[C@@H](N)C3)n2Cc2ccccc2Cl)c2cc(C(=O)OCCN3CCOCC3)ccc21. The van der Waals surface area contributed by atoms with Crippen molar-refractivity contribution in [3.63, 3.8) is 0 Å². The molecular formula is C32H36Cl2N6O4. The maximum atomic E-state index is 14.0. The van der Waals surface area contributed by atoms with Crippen molar-refractivity contribution in [1.82, 2.24) is 14.0 Å². The summed E-state index contributed by atoms with van der Waals surface area (Å²) < 4.78 is 14.5. The van der Waals surface area contributed by atoms with Gasteiger partial charge in [0, 0.05) is 61.6 Å². The maximum Gasteiger partial charge on any atom is 0.338 e. The second-order valence-corrected chi connectivity index (χ2v) is 11.7. The molecule has 4 aromatic rings. The molecule has 0 aliphatic carbocycles. The van der Waals surface area contributed by atoms with Crippen molar-refractivity contribution in [2.75, 3.05) is 57.4 Å². The Balaban J connectivity index is 0.00000384. The van der Waals surface area contributed by atoms with Crippen LogP contribution in [0.15, 0.2) is 47.3 Å². The Morgan fingerprint density at radius 3 is 2.68 bits per heavy atom. The Hall–Kier alpha value is -3.59. The van der Waals surface area contributed by atoms with Gasteiger partial charge in [-0.25, -0.2) is 4.79 Å². The Labute approximate surface area is 266 Å². The van der Waals surface area contributed by atoms with Gasteiger partial charge in [0.05, 0.1) is 30.8 Å². The monoisotopic (exact) mass is 638 g/mol. The topological polar surface area (TPSA) is 119 Å². The predicted molar refractivity (Wildman–Crippen MR) is 174 cm³/mol. The first kappa shape index (κ1) is 31.8. The zero-order valence-electron chi connectivity index (χ0n) is 24.6. The molecule has 0 spiro atoms. The van der Waals surface area contributed by atoms with Crippen LogP contribution in [-0.4, -0.2) is 78.6 Å². The number of nitriles is 1. The number of carbonyl (C=O) groups excluding carboxylic acids is 1. The average Bonchev–Trinajstić information content (AvgIpc) is 3.35. The number of morpholine rings is 1. The van der Waals surface area contributed by atoms with Crippen molar-refractivity contribution in [3.05, 3.63) is 74.5 Å². The molecular weight excluding hydrogens is 603 g/mol. The molecule has 0 bridgehead atoms. The number of hydrogen-bond acceptors (Lipinski definition) is 8. The minimum atomic E-state index is -0.451. The number of rotatable bonds is 7. The molecule has 6 rings (SSSR count). The fraction of sp³-hybridized carbons (Fsp3) is 0.406. The van der Waals surface area contributed by atoms with E-state index < -0.39 is 5.97 Å². The lowest BCUT2D eigenvalue weighted by atomic mass is 10.0. The molecule has 2 aliphatic heterocycles. The van der Waals surface area contributed by atoms with Crippen molar-refractivity contribution in [1.29, 1.82) is 5.26 Å². The Morgan fingerprint density at radius 1 is 1.18 bits per heavy atom. The fourth-order valence-electron chi connectivity index (χ4n) is 6.28. The highest BCUT2D eigenvalue weighted by atomic mass is 35.5. The minimum absolute atomic E-state index is 0. The highest BCUT2D eigenvalue weighted by molar-refractivity contribution is 6.31. The summed E-state index contributed by atoms with van der Waals surface area (Å²) in [6, 6.07) is 15.0. The normalized spacial score (nSPS) is 17.4. The lowest BCUT2D eigenvalue weighted by Crippen LogP contribution is -2.44. The third kappa shape index (κ3) is 6.03. The van der Waals surface area contributed by atoms with Crippen molar-refractivity contribution in [3.8, 4) is 6.07 Å². The van der Waals surface area contributed by atoms with E-state index in [0.29, 0.717) is 83.2 Å². The van der Waals surface area contributed by atoms with E-state index in [4.69, 9.17) is 26.8 Å². The van der Waals surface area contributed by atoms with Gasteiger partial charge in [-0.3, -0.25) is 9.69 Å². The second kappa shape index (κ2) is 13.6. The van der Waals surface area contributed by atoms with Gasteiger partial charge in [0.1, 0.15) is 29.6 Å². The lowest BCUT2D eigenvalue weighted by Gasteiger charge is -2.33. The van der Waals surface area contributed by atoms with Crippen LogP contribution >= 0.6 is 24.0 Å². The molecule has 1 atom stereocenters. The number of halogens is 2. The van der Waals surface area contributed by atoms with E-state index in [0.717, 1.165) is 31.5 Å². The smallest absolute Gasteiger partial charge is 0.338 e. The summed E-state index contributed by atoms with van der Waals surface area (Å²) in [6.07, 6.45) is 1.77. The van der Waals surface area contributed by atoms with Gasteiger partial charge in [-0.2, -0.15) is 5.26 Å². The predicted octanol–water partition coefficient (Wildman–Crippen LogP) is 3.90. The zero-order valence-corrected chi connectivity index (χ0v) is 26.2. The van der Waals surface area contributed by atoms with Gasteiger partial charge >= 0.3 is 5.97 Å². The van der Waals surface area contributed by atoms with Gasteiger partial charge in [0.2, 0.25) is 0 Å². The van der Waals surface area contributed by atoms with Crippen molar-refractivity contribution < 1.29 is 14.3 Å². The number of nitrogens with zero attached hydrogens (tertiary/aromatic N) is 5. The van der Waals surface area contributed by atoms with Gasteiger partial charge < -0.3 is 29.2 Å². The summed E-state index contributed by atoms with van der Waals surface area (Å²) in [6.45, 7) is 5.43. The van der Waals surface area contributed by atoms with Crippen LogP contribution < -0.4 is 16.2 Å². The molecule has 232 valence electrons. The Bertz CT molecular complexity index is 1790. The lowest BCUT2D eigenvalue weighted by molar-refractivity contribution is 0.0195. The van der Waals surface area contributed by atoms with Crippen molar-refractivity contribution >= 4 is 57.6 Å². The molecule has 2 aliphatic rings. The Kier molecular flexibility index (Phi) is 9.83. The average molecular weight is 640 g/mol. The standard InChI is InChI=1S/C32H35ClN6O4.ClH/c1-36-27-9-8-21(32(41)43-16-13-37-11-14-42-15-12-37)17-24(27)28-25(18-34)30(38-10-4-6-23(35)20-38)39(29(28)31(36)40)19-22-5-2-3-7-26(22)33;/h2-3,5,7-9,17,23H,4,6,10-16,19-20,35H2,1H3;1H/t23-;/m1./s1. The molecule has 0 unspecified atom stereocenters. The van der Waals surface area contributed by atoms with E-state index in [9.17, 15) is 14.9 Å². The number of anilines is 1. The van der Waals surface area contributed by atoms with Crippen LogP contribution in [0.2, 0.25) is 5.02 Å².